The Morgan fingerprint density at radius 2 is 1.77 bits per heavy atom. The van der Waals surface area contributed by atoms with Crippen LogP contribution < -0.4 is 10.6 Å². The number of aliphatic hydroxyl groups is 1. The summed E-state index contributed by atoms with van der Waals surface area (Å²) in [5.41, 5.74) is 4.50. The average Bonchev–Trinajstić information content (AvgIpc) is 3.51. The molecular weight excluding hydrogens is 438 g/mol. The molecular formula is C29H41N3O3. The maximum Gasteiger partial charge on any atom is 0.253 e. The van der Waals surface area contributed by atoms with E-state index in [0.29, 0.717) is 17.0 Å². The van der Waals surface area contributed by atoms with Gasteiger partial charge in [0, 0.05) is 37.1 Å². The van der Waals surface area contributed by atoms with Gasteiger partial charge in [-0.3, -0.25) is 9.59 Å². The van der Waals surface area contributed by atoms with E-state index in [0.717, 1.165) is 36.3 Å². The highest BCUT2D eigenvalue weighted by Gasteiger charge is 2.39. The minimum absolute atomic E-state index is 0.0948. The lowest BCUT2D eigenvalue weighted by molar-refractivity contribution is 0.0694. The fraction of sp³-hybridized carbons (Fsp3) is 0.586. The minimum atomic E-state index is -0.979. The Morgan fingerprint density at radius 1 is 1.09 bits per heavy atom. The molecule has 3 N–H and O–H groups in total. The number of amides is 2. The van der Waals surface area contributed by atoms with Gasteiger partial charge < -0.3 is 20.3 Å². The quantitative estimate of drug-likeness (QED) is 0.501. The van der Waals surface area contributed by atoms with Crippen molar-refractivity contribution in [3.63, 3.8) is 0 Å². The Kier molecular flexibility index (Phi) is 7.14. The third-order valence-corrected chi connectivity index (χ3v) is 7.87. The molecule has 1 aromatic heterocycles. The van der Waals surface area contributed by atoms with Gasteiger partial charge in [-0.1, -0.05) is 26.2 Å². The molecule has 2 aromatic rings. The fourth-order valence-corrected chi connectivity index (χ4v) is 5.24. The molecule has 2 aliphatic carbocycles. The highest BCUT2D eigenvalue weighted by molar-refractivity contribution is 5.98. The van der Waals surface area contributed by atoms with Crippen molar-refractivity contribution in [1.82, 2.24) is 15.2 Å². The molecule has 0 bridgehead atoms. The molecule has 1 aromatic carbocycles. The number of carbonyl (C=O) groups is 2. The largest absolute Gasteiger partial charge is 0.389 e. The molecule has 1 heterocycles. The molecule has 2 amide bonds. The number of aromatic nitrogens is 1. The molecule has 0 radical (unpaired) electrons. The molecule has 0 atom stereocenters. The van der Waals surface area contributed by atoms with Gasteiger partial charge in [0.1, 0.15) is 0 Å². The predicted octanol–water partition coefficient (Wildman–Crippen LogP) is 4.96. The maximum absolute atomic E-state index is 13.2. The third-order valence-electron chi connectivity index (χ3n) is 7.87. The number of benzene rings is 1. The summed E-state index contributed by atoms with van der Waals surface area (Å²) in [6.45, 7) is 8.69. The molecule has 35 heavy (non-hydrogen) atoms. The molecule has 2 aliphatic rings. The highest BCUT2D eigenvalue weighted by atomic mass is 16.3. The highest BCUT2D eigenvalue weighted by Crippen LogP contribution is 2.48. The first-order chi connectivity index (χ1) is 16.5. The standard InChI is InChI=1S/C29H41N3O3/c1-19-24(27(34)31-18-28(2,3)35)16-25(32(19)17-20-9-7-6-8-10-20)21-13-22(26(33)30-5)15-23(14-21)29(4)11-12-29/h13-16,20,35H,6-12,17-18H2,1-5H3,(H,30,33)(H,31,34). The number of hydrogen-bond donors (Lipinski definition) is 3. The maximum atomic E-state index is 13.2. The summed E-state index contributed by atoms with van der Waals surface area (Å²) >= 11 is 0. The summed E-state index contributed by atoms with van der Waals surface area (Å²) in [6, 6.07) is 8.16. The number of carbonyl (C=O) groups excluding carboxylic acids is 2. The molecule has 0 unspecified atom stereocenters. The van der Waals surface area contributed by atoms with Crippen LogP contribution in [0.1, 0.15) is 97.7 Å². The third kappa shape index (κ3) is 5.80. The van der Waals surface area contributed by atoms with E-state index >= 15 is 0 Å². The number of nitrogens with zero attached hydrogens (tertiary/aromatic N) is 1. The van der Waals surface area contributed by atoms with Gasteiger partial charge in [-0.15, -0.1) is 0 Å². The van der Waals surface area contributed by atoms with Crippen molar-refractivity contribution in [3.05, 3.63) is 46.6 Å². The van der Waals surface area contributed by atoms with Crippen LogP contribution in [-0.2, 0) is 12.0 Å². The van der Waals surface area contributed by atoms with Crippen molar-refractivity contribution in [3.8, 4) is 11.3 Å². The van der Waals surface area contributed by atoms with Crippen molar-refractivity contribution < 1.29 is 14.7 Å². The summed E-state index contributed by atoms with van der Waals surface area (Å²) < 4.78 is 2.29. The normalized spacial score (nSPS) is 17.8. The lowest BCUT2D eigenvalue weighted by atomic mass is 9.89. The Balaban J connectivity index is 1.79. The summed E-state index contributed by atoms with van der Waals surface area (Å²) in [7, 11) is 1.66. The lowest BCUT2D eigenvalue weighted by Gasteiger charge is -2.25. The van der Waals surface area contributed by atoms with Crippen molar-refractivity contribution in [2.45, 2.75) is 90.2 Å². The minimum Gasteiger partial charge on any atom is -0.389 e. The zero-order valence-electron chi connectivity index (χ0n) is 22.0. The Bertz CT molecular complexity index is 1100. The van der Waals surface area contributed by atoms with Gasteiger partial charge in [0.15, 0.2) is 0 Å². The summed E-state index contributed by atoms with van der Waals surface area (Å²) in [5, 5.41) is 15.8. The van der Waals surface area contributed by atoms with E-state index in [1.165, 1.54) is 37.7 Å². The number of hydrogen-bond acceptors (Lipinski definition) is 3. The second-order valence-electron chi connectivity index (χ2n) is 11.6. The van der Waals surface area contributed by atoms with Gasteiger partial charge in [-0.25, -0.2) is 0 Å². The zero-order chi connectivity index (χ0) is 25.4. The molecule has 2 fully saturated rings. The molecule has 6 nitrogen and oxygen atoms in total. The smallest absolute Gasteiger partial charge is 0.253 e. The van der Waals surface area contributed by atoms with Crippen LogP contribution >= 0.6 is 0 Å². The van der Waals surface area contributed by atoms with Crippen LogP contribution in [0.25, 0.3) is 11.3 Å². The van der Waals surface area contributed by atoms with Crippen LogP contribution in [-0.4, -0.2) is 40.7 Å². The Morgan fingerprint density at radius 3 is 2.37 bits per heavy atom. The SMILES string of the molecule is CNC(=O)c1cc(-c2cc(C(=O)NCC(C)(C)O)c(C)n2CC2CCCCC2)cc(C2(C)CC2)c1. The Labute approximate surface area is 209 Å². The van der Waals surface area contributed by atoms with E-state index in [9.17, 15) is 14.7 Å². The van der Waals surface area contributed by atoms with Crippen molar-refractivity contribution in [1.29, 1.82) is 0 Å². The van der Waals surface area contributed by atoms with E-state index in [2.05, 4.69) is 28.2 Å². The number of nitrogens with one attached hydrogen (secondary N) is 2. The summed E-state index contributed by atoms with van der Waals surface area (Å²) in [6.07, 6.45) is 8.47. The van der Waals surface area contributed by atoms with Crippen LogP contribution in [0, 0.1) is 12.8 Å². The molecule has 0 aliphatic heterocycles. The second kappa shape index (κ2) is 9.81. The van der Waals surface area contributed by atoms with Crippen molar-refractivity contribution >= 4 is 11.8 Å². The fourth-order valence-electron chi connectivity index (χ4n) is 5.24. The summed E-state index contributed by atoms with van der Waals surface area (Å²) in [5.74, 6) is 0.316. The second-order valence-corrected chi connectivity index (χ2v) is 11.6. The van der Waals surface area contributed by atoms with Gasteiger partial charge in [0.25, 0.3) is 11.8 Å². The molecule has 0 saturated heterocycles. The van der Waals surface area contributed by atoms with E-state index in [1.54, 1.807) is 20.9 Å². The van der Waals surface area contributed by atoms with Crippen LogP contribution in [0.5, 0.6) is 0 Å². The zero-order valence-corrected chi connectivity index (χ0v) is 22.0. The van der Waals surface area contributed by atoms with Crippen molar-refractivity contribution in [2.75, 3.05) is 13.6 Å². The monoisotopic (exact) mass is 479 g/mol. The average molecular weight is 480 g/mol. The molecule has 4 rings (SSSR count). The molecule has 6 heteroatoms. The molecule has 2 saturated carbocycles. The van der Waals surface area contributed by atoms with Gasteiger partial charge in [0.05, 0.1) is 11.2 Å². The predicted molar refractivity (Wildman–Crippen MR) is 140 cm³/mol. The van der Waals surface area contributed by atoms with Crippen LogP contribution in [0.4, 0.5) is 0 Å². The van der Waals surface area contributed by atoms with Gasteiger partial charge in [-0.2, -0.15) is 0 Å². The van der Waals surface area contributed by atoms with Gasteiger partial charge >= 0.3 is 0 Å². The van der Waals surface area contributed by atoms with Crippen molar-refractivity contribution in [2.24, 2.45) is 5.92 Å². The first kappa shape index (κ1) is 25.5. The first-order valence-corrected chi connectivity index (χ1v) is 13.1. The topological polar surface area (TPSA) is 83.4 Å². The van der Waals surface area contributed by atoms with E-state index < -0.39 is 5.60 Å². The van der Waals surface area contributed by atoms with Crippen LogP contribution in [0.3, 0.4) is 0 Å². The van der Waals surface area contributed by atoms with E-state index in [-0.39, 0.29) is 23.8 Å². The van der Waals surface area contributed by atoms with Crippen LogP contribution in [0.2, 0.25) is 0 Å². The summed E-state index contributed by atoms with van der Waals surface area (Å²) in [4.78, 5) is 25.8. The van der Waals surface area contributed by atoms with Gasteiger partial charge in [0.2, 0.25) is 0 Å². The van der Waals surface area contributed by atoms with E-state index in [1.807, 2.05) is 25.1 Å². The Hall–Kier alpha value is -2.60. The lowest BCUT2D eigenvalue weighted by Crippen LogP contribution is -2.38. The van der Waals surface area contributed by atoms with Gasteiger partial charge in [-0.05, 0) is 93.2 Å². The molecule has 0 spiro atoms. The van der Waals surface area contributed by atoms with E-state index in [4.69, 9.17) is 0 Å². The number of rotatable bonds is 8. The first-order valence-electron chi connectivity index (χ1n) is 13.1. The van der Waals surface area contributed by atoms with Crippen LogP contribution in [0.15, 0.2) is 24.3 Å². The molecule has 190 valence electrons.